The van der Waals surface area contributed by atoms with E-state index in [1.807, 2.05) is 0 Å². The Hall–Kier alpha value is -3.61. The molecule has 0 aliphatic heterocycles. The summed E-state index contributed by atoms with van der Waals surface area (Å²) in [5, 5.41) is 12.0. The van der Waals surface area contributed by atoms with Gasteiger partial charge in [-0.3, -0.25) is 4.79 Å². The molecule has 2 aromatic rings. The van der Waals surface area contributed by atoms with Crippen LogP contribution in [0, 0.1) is 0 Å². The van der Waals surface area contributed by atoms with E-state index in [-0.39, 0.29) is 17.2 Å². The monoisotopic (exact) mass is 355 g/mol. The molecule has 0 bridgehead atoms. The molecule has 0 saturated carbocycles. The minimum atomic E-state index is -0.736. The highest BCUT2D eigenvalue weighted by Gasteiger charge is 2.14. The van der Waals surface area contributed by atoms with Gasteiger partial charge in [0.15, 0.2) is 5.78 Å². The molecule has 0 aliphatic rings. The third-order valence-electron chi connectivity index (χ3n) is 3.42. The summed E-state index contributed by atoms with van der Waals surface area (Å²) in [6.45, 7) is 0. The number of rotatable bonds is 6. The molecule has 0 saturated heterocycles. The average molecular weight is 355 g/mol. The first-order chi connectivity index (χ1) is 12.4. The molecule has 7 heteroatoms. The van der Waals surface area contributed by atoms with E-state index in [1.165, 1.54) is 38.5 Å². The Bertz CT molecular complexity index is 837. The zero-order chi connectivity index (χ0) is 19.1. The Balaban J connectivity index is 2.18. The van der Waals surface area contributed by atoms with Crippen molar-refractivity contribution in [2.45, 2.75) is 0 Å². The highest BCUT2D eigenvalue weighted by atomic mass is 16.5. The number of carbonyl (C=O) groups is 3. The van der Waals surface area contributed by atoms with Crippen molar-refractivity contribution in [2.75, 3.05) is 19.5 Å². The average Bonchev–Trinajstić information content (AvgIpc) is 2.67. The molecular formula is C19H17NO6. The van der Waals surface area contributed by atoms with Crippen molar-refractivity contribution in [3.05, 3.63) is 71.4 Å². The second-order valence-electron chi connectivity index (χ2n) is 5.15. The number of ketones is 1. The molecule has 7 nitrogen and oxygen atoms in total. The number of carbonyl (C=O) groups excluding carboxylic acids is 3. The van der Waals surface area contributed by atoms with Gasteiger partial charge in [-0.1, -0.05) is 0 Å². The van der Waals surface area contributed by atoms with Crippen molar-refractivity contribution in [2.24, 2.45) is 0 Å². The van der Waals surface area contributed by atoms with Gasteiger partial charge in [0.25, 0.3) is 0 Å². The lowest BCUT2D eigenvalue weighted by Gasteiger charge is -2.09. The van der Waals surface area contributed by atoms with Gasteiger partial charge in [-0.15, -0.1) is 0 Å². The number of phenolic OH excluding ortho intramolecular Hbond substituents is 1. The summed E-state index contributed by atoms with van der Waals surface area (Å²) in [6.07, 6.45) is 0.974. The fourth-order valence-corrected chi connectivity index (χ4v) is 2.07. The number of phenols is 1. The fraction of sp³-hybridized carbons (Fsp3) is 0.105. The van der Waals surface area contributed by atoms with Crippen LogP contribution in [0.3, 0.4) is 0 Å². The molecule has 0 amide bonds. The predicted octanol–water partition coefficient (Wildman–Crippen LogP) is 2.26. The lowest BCUT2D eigenvalue weighted by molar-refractivity contribution is -0.138. The lowest BCUT2D eigenvalue weighted by atomic mass is 10.0. The van der Waals surface area contributed by atoms with Crippen LogP contribution in [0.15, 0.2) is 60.3 Å². The van der Waals surface area contributed by atoms with Gasteiger partial charge >= 0.3 is 11.9 Å². The number of anilines is 1. The Kier molecular flexibility index (Phi) is 6.10. The van der Waals surface area contributed by atoms with Gasteiger partial charge in [-0.2, -0.15) is 0 Å². The zero-order valence-corrected chi connectivity index (χ0v) is 14.2. The molecule has 0 spiro atoms. The number of hydrogen-bond acceptors (Lipinski definition) is 7. The number of nitrogens with one attached hydrogen (secondary N) is 1. The van der Waals surface area contributed by atoms with Crippen molar-refractivity contribution in [1.82, 2.24) is 0 Å². The summed E-state index contributed by atoms with van der Waals surface area (Å²) < 4.78 is 9.10. The van der Waals surface area contributed by atoms with Crippen LogP contribution in [0.2, 0.25) is 0 Å². The molecule has 0 radical (unpaired) electrons. The molecule has 26 heavy (non-hydrogen) atoms. The molecule has 0 heterocycles. The minimum absolute atomic E-state index is 0.0776. The molecular weight excluding hydrogens is 338 g/mol. The van der Waals surface area contributed by atoms with Crippen LogP contribution in [0.5, 0.6) is 5.75 Å². The Morgan fingerprint density at radius 3 is 1.92 bits per heavy atom. The highest BCUT2D eigenvalue weighted by molar-refractivity contribution is 6.09. The molecule has 2 N–H and O–H groups in total. The third-order valence-corrected chi connectivity index (χ3v) is 3.42. The molecule has 0 unspecified atom stereocenters. The molecule has 0 aromatic heterocycles. The van der Waals surface area contributed by atoms with E-state index in [0.29, 0.717) is 16.8 Å². The van der Waals surface area contributed by atoms with Gasteiger partial charge in [0, 0.05) is 16.8 Å². The number of hydrogen-bond donors (Lipinski definition) is 2. The van der Waals surface area contributed by atoms with E-state index in [4.69, 9.17) is 0 Å². The normalized spacial score (nSPS) is 10.8. The number of ether oxygens (including phenoxy) is 2. The first kappa shape index (κ1) is 18.7. The maximum Gasteiger partial charge on any atom is 0.354 e. The van der Waals surface area contributed by atoms with Crippen LogP contribution in [-0.2, 0) is 19.1 Å². The Morgan fingerprint density at radius 1 is 0.885 bits per heavy atom. The summed E-state index contributed by atoms with van der Waals surface area (Å²) in [6, 6.07) is 12.2. The number of benzene rings is 2. The predicted molar refractivity (Wildman–Crippen MR) is 93.7 cm³/mol. The largest absolute Gasteiger partial charge is 0.508 e. The van der Waals surface area contributed by atoms with E-state index >= 15 is 0 Å². The first-order valence-electron chi connectivity index (χ1n) is 7.53. The van der Waals surface area contributed by atoms with Crippen LogP contribution >= 0.6 is 0 Å². The molecule has 134 valence electrons. The van der Waals surface area contributed by atoms with E-state index in [9.17, 15) is 19.5 Å². The van der Waals surface area contributed by atoms with Crippen molar-refractivity contribution in [3.63, 3.8) is 0 Å². The molecule has 0 fully saturated rings. The number of methoxy groups -OCH3 is 2. The summed E-state index contributed by atoms with van der Waals surface area (Å²) in [7, 11) is 2.38. The summed E-state index contributed by atoms with van der Waals surface area (Å²) in [4.78, 5) is 35.4. The van der Waals surface area contributed by atoms with Crippen LogP contribution in [-0.4, -0.2) is 37.0 Å². The maximum atomic E-state index is 12.4. The quantitative estimate of drug-likeness (QED) is 0.465. The van der Waals surface area contributed by atoms with Crippen LogP contribution < -0.4 is 5.32 Å². The summed E-state index contributed by atoms with van der Waals surface area (Å²) >= 11 is 0. The first-order valence-corrected chi connectivity index (χ1v) is 7.53. The topological polar surface area (TPSA) is 102 Å². The summed E-state index contributed by atoms with van der Waals surface area (Å²) in [5.41, 5.74) is 1.24. The third kappa shape index (κ3) is 4.70. The second kappa shape index (κ2) is 8.48. The highest BCUT2D eigenvalue weighted by Crippen LogP contribution is 2.17. The zero-order valence-electron chi connectivity index (χ0n) is 14.2. The second-order valence-corrected chi connectivity index (χ2v) is 5.15. The van der Waals surface area contributed by atoms with Crippen molar-refractivity contribution in [1.29, 1.82) is 0 Å². The van der Waals surface area contributed by atoms with Gasteiger partial charge in [-0.25, -0.2) is 9.59 Å². The van der Waals surface area contributed by atoms with Crippen LogP contribution in [0.1, 0.15) is 15.9 Å². The van der Waals surface area contributed by atoms with Gasteiger partial charge < -0.3 is 19.9 Å². The van der Waals surface area contributed by atoms with Crippen LogP contribution in [0.25, 0.3) is 0 Å². The van der Waals surface area contributed by atoms with Crippen molar-refractivity contribution >= 4 is 23.4 Å². The Labute approximate surface area is 149 Å². The van der Waals surface area contributed by atoms with E-state index in [0.717, 1.165) is 6.08 Å². The molecule has 0 aliphatic carbocycles. The van der Waals surface area contributed by atoms with Gasteiger partial charge in [0.1, 0.15) is 11.4 Å². The van der Waals surface area contributed by atoms with Gasteiger partial charge in [0.2, 0.25) is 0 Å². The fourth-order valence-electron chi connectivity index (χ4n) is 2.07. The molecule has 2 aromatic carbocycles. The smallest absolute Gasteiger partial charge is 0.354 e. The van der Waals surface area contributed by atoms with Crippen molar-refractivity contribution in [3.8, 4) is 5.75 Å². The minimum Gasteiger partial charge on any atom is -0.508 e. The SMILES string of the molecule is COC(=O)/C=C(/Nc1ccc(C(=O)c2ccc(O)cc2)cc1)C(=O)OC. The van der Waals surface area contributed by atoms with Crippen LogP contribution in [0.4, 0.5) is 5.69 Å². The lowest BCUT2D eigenvalue weighted by Crippen LogP contribution is -2.15. The van der Waals surface area contributed by atoms with Crippen molar-refractivity contribution < 1.29 is 29.0 Å². The van der Waals surface area contributed by atoms with Gasteiger partial charge in [0.05, 0.1) is 20.3 Å². The van der Waals surface area contributed by atoms with E-state index in [2.05, 4.69) is 14.8 Å². The number of aromatic hydroxyl groups is 1. The summed E-state index contributed by atoms with van der Waals surface area (Å²) in [5.74, 6) is -1.58. The molecule has 2 rings (SSSR count). The Morgan fingerprint density at radius 2 is 1.42 bits per heavy atom. The van der Waals surface area contributed by atoms with E-state index in [1.54, 1.807) is 24.3 Å². The standard InChI is InChI=1S/C19H17NO6/c1-25-17(22)11-16(19(24)26-2)20-14-7-3-12(4-8-14)18(23)13-5-9-15(21)10-6-13/h3-11,20-21H,1-2H3/b16-11+. The molecule has 0 atom stereocenters. The van der Waals surface area contributed by atoms with E-state index < -0.39 is 11.9 Å². The van der Waals surface area contributed by atoms with Gasteiger partial charge in [-0.05, 0) is 48.5 Å². The number of esters is 2. The maximum absolute atomic E-state index is 12.4.